The first-order chi connectivity index (χ1) is 12.7. The van der Waals surface area contributed by atoms with Crippen molar-refractivity contribution in [3.8, 4) is 11.5 Å². The summed E-state index contributed by atoms with van der Waals surface area (Å²) in [6, 6.07) is 6.73. The number of guanidine groups is 1. The van der Waals surface area contributed by atoms with Gasteiger partial charge in [0.1, 0.15) is 0 Å². The molecule has 0 aromatic heterocycles. The Labute approximate surface area is 179 Å². The quantitative estimate of drug-likeness (QED) is 0.326. The predicted octanol–water partition coefficient (Wildman–Crippen LogP) is 3.09. The van der Waals surface area contributed by atoms with Crippen LogP contribution in [0, 0.1) is 0 Å². The molecule has 1 aromatic rings. The van der Waals surface area contributed by atoms with E-state index in [-0.39, 0.29) is 29.7 Å². The Kier molecular flexibility index (Phi) is 8.95. The minimum atomic E-state index is 0. The van der Waals surface area contributed by atoms with E-state index in [9.17, 15) is 5.11 Å². The highest BCUT2D eigenvalue weighted by Crippen LogP contribution is 2.30. The Morgan fingerprint density at radius 1 is 1.30 bits per heavy atom. The number of aliphatic imine (C=N–C) groups is 1. The van der Waals surface area contributed by atoms with Gasteiger partial charge in [0.15, 0.2) is 17.5 Å². The molecule has 6 nitrogen and oxygen atoms in total. The van der Waals surface area contributed by atoms with E-state index in [1.165, 1.54) is 32.2 Å². The number of phenols is 1. The number of benzene rings is 1. The Morgan fingerprint density at radius 2 is 2.07 bits per heavy atom. The molecule has 0 radical (unpaired) electrons. The zero-order chi connectivity index (χ0) is 18.4. The number of likely N-dealkylation sites (tertiary alicyclic amines) is 1. The lowest BCUT2D eigenvalue weighted by atomic mass is 10.2. The summed E-state index contributed by atoms with van der Waals surface area (Å²) >= 11 is 0. The van der Waals surface area contributed by atoms with Crippen LogP contribution in [0.4, 0.5) is 0 Å². The van der Waals surface area contributed by atoms with Crippen LogP contribution in [-0.2, 0) is 6.54 Å². The Balaban J connectivity index is 0.00000261. The van der Waals surface area contributed by atoms with E-state index in [1.807, 2.05) is 12.1 Å². The van der Waals surface area contributed by atoms with Crippen molar-refractivity contribution in [2.24, 2.45) is 4.99 Å². The van der Waals surface area contributed by atoms with Gasteiger partial charge in [-0.25, -0.2) is 4.99 Å². The topological polar surface area (TPSA) is 69.1 Å². The van der Waals surface area contributed by atoms with Crippen LogP contribution in [0.15, 0.2) is 23.2 Å². The van der Waals surface area contributed by atoms with Gasteiger partial charge in [-0.15, -0.1) is 24.0 Å². The number of hydrogen-bond acceptors (Lipinski definition) is 4. The highest BCUT2D eigenvalue weighted by Gasteiger charge is 2.30. The van der Waals surface area contributed by atoms with E-state index in [1.54, 1.807) is 13.2 Å². The first-order valence-electron chi connectivity index (χ1n) is 9.85. The average Bonchev–Trinajstić information content (AvgIpc) is 3.32. The van der Waals surface area contributed by atoms with Gasteiger partial charge < -0.3 is 20.5 Å². The van der Waals surface area contributed by atoms with Gasteiger partial charge in [0, 0.05) is 37.3 Å². The molecule has 0 bridgehead atoms. The monoisotopic (exact) mass is 488 g/mol. The summed E-state index contributed by atoms with van der Waals surface area (Å²) in [6.45, 7) is 5.57. The van der Waals surface area contributed by atoms with E-state index >= 15 is 0 Å². The van der Waals surface area contributed by atoms with E-state index in [4.69, 9.17) is 4.74 Å². The number of nitrogens with zero attached hydrogens (tertiary/aromatic N) is 2. The molecular weight excluding hydrogens is 455 g/mol. The molecule has 7 heteroatoms. The molecule has 1 aromatic carbocycles. The molecular formula is C20H33IN4O2. The molecule has 3 rings (SSSR count). The summed E-state index contributed by atoms with van der Waals surface area (Å²) in [6.07, 6.45) is 6.64. The lowest BCUT2D eigenvalue weighted by Gasteiger charge is -2.24. The van der Waals surface area contributed by atoms with E-state index < -0.39 is 0 Å². The molecule has 1 aliphatic carbocycles. The van der Waals surface area contributed by atoms with Gasteiger partial charge in [-0.3, -0.25) is 4.90 Å². The molecule has 3 N–H and O–H groups in total. The number of methoxy groups -OCH3 is 1. The zero-order valence-corrected chi connectivity index (χ0v) is 18.7. The molecule has 0 spiro atoms. The van der Waals surface area contributed by atoms with Crippen molar-refractivity contribution >= 4 is 29.9 Å². The molecule has 152 valence electrons. The molecule has 1 heterocycles. The summed E-state index contributed by atoms with van der Waals surface area (Å²) in [5, 5.41) is 17.1. The van der Waals surface area contributed by atoms with E-state index in [2.05, 4.69) is 27.4 Å². The van der Waals surface area contributed by atoms with Gasteiger partial charge in [-0.1, -0.05) is 25.0 Å². The van der Waals surface area contributed by atoms with Crippen molar-refractivity contribution in [1.29, 1.82) is 0 Å². The SMILES string of the molecule is CCNC(=NCc1cccc(OC)c1O)NC1CCN(C2CCCC2)C1.I. The van der Waals surface area contributed by atoms with Crippen LogP contribution in [0.2, 0.25) is 0 Å². The number of rotatable bonds is 6. The van der Waals surface area contributed by atoms with Crippen LogP contribution >= 0.6 is 24.0 Å². The van der Waals surface area contributed by atoms with E-state index in [0.717, 1.165) is 37.1 Å². The lowest BCUT2D eigenvalue weighted by Crippen LogP contribution is -2.45. The van der Waals surface area contributed by atoms with Crippen LogP contribution in [0.3, 0.4) is 0 Å². The highest BCUT2D eigenvalue weighted by molar-refractivity contribution is 14.0. The summed E-state index contributed by atoms with van der Waals surface area (Å²) in [5.41, 5.74) is 0.764. The van der Waals surface area contributed by atoms with Gasteiger partial charge in [0.2, 0.25) is 0 Å². The van der Waals surface area contributed by atoms with Crippen molar-refractivity contribution in [3.05, 3.63) is 23.8 Å². The lowest BCUT2D eigenvalue weighted by molar-refractivity contribution is 0.242. The first-order valence-corrected chi connectivity index (χ1v) is 9.85. The third kappa shape index (κ3) is 5.88. The summed E-state index contributed by atoms with van der Waals surface area (Å²) in [4.78, 5) is 7.31. The number of hydrogen-bond donors (Lipinski definition) is 3. The maximum absolute atomic E-state index is 10.2. The highest BCUT2D eigenvalue weighted by atomic mass is 127. The normalized spacial score (nSPS) is 21.1. The fraction of sp³-hybridized carbons (Fsp3) is 0.650. The fourth-order valence-corrected chi connectivity index (χ4v) is 4.04. The first kappa shape index (κ1) is 22.1. The van der Waals surface area contributed by atoms with Crippen LogP contribution in [0.25, 0.3) is 0 Å². The van der Waals surface area contributed by atoms with Crippen molar-refractivity contribution in [1.82, 2.24) is 15.5 Å². The number of nitrogens with one attached hydrogen (secondary N) is 2. The Morgan fingerprint density at radius 3 is 2.78 bits per heavy atom. The van der Waals surface area contributed by atoms with Gasteiger partial charge in [-0.2, -0.15) is 0 Å². The van der Waals surface area contributed by atoms with Gasteiger partial charge in [0.25, 0.3) is 0 Å². The number of ether oxygens (including phenoxy) is 1. The van der Waals surface area contributed by atoms with Crippen molar-refractivity contribution in [2.45, 2.75) is 57.7 Å². The summed E-state index contributed by atoms with van der Waals surface area (Å²) in [7, 11) is 1.56. The van der Waals surface area contributed by atoms with Gasteiger partial charge in [0.05, 0.1) is 13.7 Å². The zero-order valence-electron chi connectivity index (χ0n) is 16.4. The molecule has 0 amide bonds. The number of para-hydroxylation sites is 1. The molecule has 2 fully saturated rings. The minimum Gasteiger partial charge on any atom is -0.504 e. The second-order valence-electron chi connectivity index (χ2n) is 7.23. The van der Waals surface area contributed by atoms with Crippen LogP contribution < -0.4 is 15.4 Å². The Hall–Kier alpha value is -1.22. The second-order valence-corrected chi connectivity index (χ2v) is 7.23. The van der Waals surface area contributed by atoms with Crippen molar-refractivity contribution < 1.29 is 9.84 Å². The third-order valence-electron chi connectivity index (χ3n) is 5.46. The molecule has 1 unspecified atom stereocenters. The predicted molar refractivity (Wildman–Crippen MR) is 120 cm³/mol. The molecule has 1 atom stereocenters. The summed E-state index contributed by atoms with van der Waals surface area (Å²) in [5.74, 6) is 1.47. The van der Waals surface area contributed by atoms with E-state index in [0.29, 0.717) is 18.3 Å². The third-order valence-corrected chi connectivity index (χ3v) is 5.46. The van der Waals surface area contributed by atoms with Crippen LogP contribution in [0.1, 0.15) is 44.6 Å². The maximum Gasteiger partial charge on any atom is 0.191 e. The van der Waals surface area contributed by atoms with Crippen molar-refractivity contribution in [3.63, 3.8) is 0 Å². The molecule has 1 saturated heterocycles. The molecule has 27 heavy (non-hydrogen) atoms. The number of phenolic OH excluding ortho intramolecular Hbond substituents is 1. The second kappa shape index (κ2) is 10.9. The van der Waals surface area contributed by atoms with Gasteiger partial charge >= 0.3 is 0 Å². The molecule has 1 aliphatic heterocycles. The standard InChI is InChI=1S/C20H32N4O2.HI/c1-3-21-20(22-13-15-7-6-10-18(26-2)19(15)25)23-16-11-12-24(14-16)17-8-4-5-9-17;/h6-7,10,16-17,25H,3-5,8-9,11-14H2,1-2H3,(H2,21,22,23);1H. The number of aromatic hydroxyl groups is 1. The number of halogens is 1. The molecule has 2 aliphatic rings. The maximum atomic E-state index is 10.2. The Bertz CT molecular complexity index is 620. The van der Waals surface area contributed by atoms with Crippen molar-refractivity contribution in [2.75, 3.05) is 26.7 Å². The largest absolute Gasteiger partial charge is 0.504 e. The average molecular weight is 488 g/mol. The fourth-order valence-electron chi connectivity index (χ4n) is 4.04. The van der Waals surface area contributed by atoms with Crippen LogP contribution in [0.5, 0.6) is 11.5 Å². The van der Waals surface area contributed by atoms with Gasteiger partial charge in [-0.05, 0) is 32.3 Å². The smallest absolute Gasteiger partial charge is 0.191 e. The molecule has 1 saturated carbocycles. The van der Waals surface area contributed by atoms with Crippen LogP contribution in [-0.4, -0.2) is 54.8 Å². The summed E-state index contributed by atoms with van der Waals surface area (Å²) < 4.78 is 5.17. The minimum absolute atomic E-state index is 0.